The standard InChI is InChI=1S/C15H10BrF3N2/c1-8-2-3-9(6-11(8)16)14-20-12-5-4-10(15(17,18)19)7-13(12)21-14/h2-7H,1H3,(H,20,21). The number of halogens is 4. The van der Waals surface area contributed by atoms with Crippen LogP contribution >= 0.6 is 15.9 Å². The first-order chi connectivity index (χ1) is 9.84. The maximum Gasteiger partial charge on any atom is 0.416 e. The third-order valence-electron chi connectivity index (χ3n) is 3.25. The monoisotopic (exact) mass is 354 g/mol. The van der Waals surface area contributed by atoms with E-state index in [1.54, 1.807) is 0 Å². The minimum Gasteiger partial charge on any atom is -0.338 e. The first-order valence-electron chi connectivity index (χ1n) is 6.18. The Balaban J connectivity index is 2.10. The lowest BCUT2D eigenvalue weighted by atomic mass is 10.1. The molecule has 3 rings (SSSR count). The van der Waals surface area contributed by atoms with Gasteiger partial charge in [0.15, 0.2) is 0 Å². The van der Waals surface area contributed by atoms with Gasteiger partial charge < -0.3 is 4.98 Å². The SMILES string of the molecule is Cc1ccc(-c2nc3ccc(C(F)(F)F)cc3[nH]2)cc1Br. The van der Waals surface area contributed by atoms with Gasteiger partial charge in [-0.25, -0.2) is 4.98 Å². The largest absolute Gasteiger partial charge is 0.416 e. The lowest BCUT2D eigenvalue weighted by molar-refractivity contribution is -0.137. The fraction of sp³-hybridized carbons (Fsp3) is 0.133. The van der Waals surface area contributed by atoms with Crippen LogP contribution < -0.4 is 0 Å². The molecule has 0 radical (unpaired) electrons. The van der Waals surface area contributed by atoms with E-state index < -0.39 is 11.7 Å². The first kappa shape index (κ1) is 14.1. The van der Waals surface area contributed by atoms with Crippen LogP contribution in [0.4, 0.5) is 13.2 Å². The van der Waals surface area contributed by atoms with Crippen LogP contribution in [0.25, 0.3) is 22.4 Å². The Morgan fingerprint density at radius 1 is 1.10 bits per heavy atom. The fourth-order valence-corrected chi connectivity index (χ4v) is 2.44. The van der Waals surface area contributed by atoms with Gasteiger partial charge in [-0.05, 0) is 36.8 Å². The van der Waals surface area contributed by atoms with Gasteiger partial charge >= 0.3 is 6.18 Å². The average Bonchev–Trinajstić information content (AvgIpc) is 2.83. The highest BCUT2D eigenvalue weighted by Crippen LogP contribution is 2.32. The summed E-state index contributed by atoms with van der Waals surface area (Å²) in [6.07, 6.45) is -4.35. The maximum atomic E-state index is 12.7. The van der Waals surface area contributed by atoms with Crippen LogP contribution in [-0.4, -0.2) is 9.97 Å². The highest BCUT2D eigenvalue weighted by atomic mass is 79.9. The molecular formula is C15H10BrF3N2. The van der Waals surface area contributed by atoms with Gasteiger partial charge in [-0.2, -0.15) is 13.2 Å². The van der Waals surface area contributed by atoms with Crippen LogP contribution in [0.15, 0.2) is 40.9 Å². The van der Waals surface area contributed by atoms with E-state index in [-0.39, 0.29) is 0 Å². The molecule has 0 aliphatic rings. The van der Waals surface area contributed by atoms with Crippen molar-refractivity contribution in [2.75, 3.05) is 0 Å². The number of H-pyrrole nitrogens is 1. The van der Waals surface area contributed by atoms with Crippen molar-refractivity contribution in [1.82, 2.24) is 9.97 Å². The van der Waals surface area contributed by atoms with Crippen molar-refractivity contribution in [3.8, 4) is 11.4 Å². The number of benzene rings is 2. The Bertz CT molecular complexity index is 821. The molecule has 0 aliphatic carbocycles. The molecule has 0 aliphatic heterocycles. The zero-order valence-corrected chi connectivity index (χ0v) is 12.5. The Morgan fingerprint density at radius 3 is 2.52 bits per heavy atom. The van der Waals surface area contributed by atoms with E-state index in [0.717, 1.165) is 27.7 Å². The molecule has 0 unspecified atom stereocenters. The lowest BCUT2D eigenvalue weighted by Crippen LogP contribution is -2.04. The van der Waals surface area contributed by atoms with Crippen molar-refractivity contribution in [2.45, 2.75) is 13.1 Å². The topological polar surface area (TPSA) is 28.7 Å². The molecule has 2 aromatic carbocycles. The van der Waals surface area contributed by atoms with E-state index in [1.807, 2.05) is 25.1 Å². The Hall–Kier alpha value is -1.82. The second-order valence-corrected chi connectivity index (χ2v) is 5.63. The molecule has 1 aromatic heterocycles. The summed E-state index contributed by atoms with van der Waals surface area (Å²) in [5, 5.41) is 0. The third kappa shape index (κ3) is 2.68. The summed E-state index contributed by atoms with van der Waals surface area (Å²) < 4.78 is 39.0. The van der Waals surface area contributed by atoms with E-state index in [2.05, 4.69) is 25.9 Å². The number of nitrogens with zero attached hydrogens (tertiary/aromatic N) is 1. The summed E-state index contributed by atoms with van der Waals surface area (Å²) in [5.41, 5.74) is 2.09. The lowest BCUT2D eigenvalue weighted by Gasteiger charge is -2.05. The Labute approximate surface area is 127 Å². The van der Waals surface area contributed by atoms with Crippen molar-refractivity contribution in [3.63, 3.8) is 0 Å². The number of alkyl halides is 3. The molecule has 0 atom stereocenters. The molecular weight excluding hydrogens is 345 g/mol. The van der Waals surface area contributed by atoms with Crippen LogP contribution in [-0.2, 0) is 6.18 Å². The Kier molecular flexibility index (Phi) is 3.28. The van der Waals surface area contributed by atoms with Gasteiger partial charge in [0.05, 0.1) is 16.6 Å². The van der Waals surface area contributed by atoms with Crippen molar-refractivity contribution in [1.29, 1.82) is 0 Å². The van der Waals surface area contributed by atoms with Crippen LogP contribution in [0.2, 0.25) is 0 Å². The molecule has 0 fully saturated rings. The van der Waals surface area contributed by atoms with Gasteiger partial charge in [-0.15, -0.1) is 0 Å². The van der Waals surface area contributed by atoms with Crippen LogP contribution in [0.1, 0.15) is 11.1 Å². The molecule has 1 heterocycles. The molecule has 2 nitrogen and oxygen atoms in total. The predicted molar refractivity (Wildman–Crippen MR) is 79.0 cm³/mol. The summed E-state index contributed by atoms with van der Waals surface area (Å²) in [7, 11) is 0. The van der Waals surface area contributed by atoms with E-state index in [9.17, 15) is 13.2 Å². The molecule has 1 N–H and O–H groups in total. The number of fused-ring (bicyclic) bond motifs is 1. The third-order valence-corrected chi connectivity index (χ3v) is 4.11. The number of rotatable bonds is 1. The van der Waals surface area contributed by atoms with Gasteiger partial charge in [0, 0.05) is 10.0 Å². The number of imidazole rings is 1. The smallest absolute Gasteiger partial charge is 0.338 e. The molecule has 0 bridgehead atoms. The van der Waals surface area contributed by atoms with Crippen molar-refractivity contribution < 1.29 is 13.2 Å². The van der Waals surface area contributed by atoms with Crippen molar-refractivity contribution >= 4 is 27.0 Å². The fourth-order valence-electron chi connectivity index (χ4n) is 2.06. The number of hydrogen-bond acceptors (Lipinski definition) is 1. The Morgan fingerprint density at radius 2 is 1.86 bits per heavy atom. The second-order valence-electron chi connectivity index (χ2n) is 4.78. The second kappa shape index (κ2) is 4.87. The summed E-state index contributed by atoms with van der Waals surface area (Å²) >= 11 is 3.43. The number of aryl methyl sites for hydroxylation is 1. The van der Waals surface area contributed by atoms with Gasteiger partial charge in [0.2, 0.25) is 0 Å². The highest BCUT2D eigenvalue weighted by Gasteiger charge is 2.30. The molecule has 0 saturated heterocycles. The first-order valence-corrected chi connectivity index (χ1v) is 6.97. The number of aromatic amines is 1. The highest BCUT2D eigenvalue weighted by molar-refractivity contribution is 9.10. The van der Waals surface area contributed by atoms with Crippen LogP contribution in [0.3, 0.4) is 0 Å². The molecule has 6 heteroatoms. The van der Waals surface area contributed by atoms with Gasteiger partial charge in [-0.1, -0.05) is 28.1 Å². The minimum atomic E-state index is -4.35. The minimum absolute atomic E-state index is 0.372. The summed E-state index contributed by atoms with van der Waals surface area (Å²) in [6, 6.07) is 9.18. The summed E-state index contributed by atoms with van der Waals surface area (Å²) in [5.74, 6) is 0.546. The molecule has 0 spiro atoms. The molecule has 3 aromatic rings. The molecule has 21 heavy (non-hydrogen) atoms. The normalized spacial score (nSPS) is 12.0. The van der Waals surface area contributed by atoms with Crippen LogP contribution in [0, 0.1) is 6.92 Å². The van der Waals surface area contributed by atoms with E-state index >= 15 is 0 Å². The van der Waals surface area contributed by atoms with E-state index in [4.69, 9.17) is 0 Å². The number of hydrogen-bond donors (Lipinski definition) is 1. The average molecular weight is 355 g/mol. The van der Waals surface area contributed by atoms with Crippen molar-refractivity contribution in [2.24, 2.45) is 0 Å². The van der Waals surface area contributed by atoms with Crippen LogP contribution in [0.5, 0.6) is 0 Å². The quantitative estimate of drug-likeness (QED) is 0.629. The molecule has 0 amide bonds. The van der Waals surface area contributed by atoms with Crippen molar-refractivity contribution in [3.05, 3.63) is 52.0 Å². The molecule has 108 valence electrons. The number of aromatic nitrogens is 2. The maximum absolute atomic E-state index is 12.7. The molecule has 0 saturated carbocycles. The predicted octanol–water partition coefficient (Wildman–Crippen LogP) is 5.32. The van der Waals surface area contributed by atoms with Gasteiger partial charge in [0.1, 0.15) is 5.82 Å². The van der Waals surface area contributed by atoms with E-state index in [0.29, 0.717) is 16.9 Å². The summed E-state index contributed by atoms with van der Waals surface area (Å²) in [4.78, 5) is 7.27. The van der Waals surface area contributed by atoms with E-state index in [1.165, 1.54) is 6.07 Å². The number of nitrogens with one attached hydrogen (secondary N) is 1. The van der Waals surface area contributed by atoms with Gasteiger partial charge in [-0.3, -0.25) is 0 Å². The summed E-state index contributed by atoms with van der Waals surface area (Å²) in [6.45, 7) is 1.96. The van der Waals surface area contributed by atoms with Gasteiger partial charge in [0.25, 0.3) is 0 Å². The zero-order valence-electron chi connectivity index (χ0n) is 10.9. The zero-order chi connectivity index (χ0) is 15.2.